The molecule has 5 rings (SSSR count). The van der Waals surface area contributed by atoms with Crippen LogP contribution in [0.4, 0.5) is 16.2 Å². The van der Waals surface area contributed by atoms with Gasteiger partial charge in [0, 0.05) is 23.2 Å². The van der Waals surface area contributed by atoms with Gasteiger partial charge in [-0.25, -0.2) is 4.79 Å². The van der Waals surface area contributed by atoms with Gasteiger partial charge in [0.2, 0.25) is 0 Å². The Morgan fingerprint density at radius 3 is 2.79 bits per heavy atom. The smallest absolute Gasteiger partial charge is 0.414 e. The number of anilines is 2. The van der Waals surface area contributed by atoms with Crippen LogP contribution in [0.1, 0.15) is 29.8 Å². The molecule has 33 heavy (non-hydrogen) atoms. The summed E-state index contributed by atoms with van der Waals surface area (Å²) in [4.78, 5) is 25.6. The van der Waals surface area contributed by atoms with Gasteiger partial charge in [-0.3, -0.25) is 9.69 Å². The number of primary amides is 1. The Balaban J connectivity index is 1.54. The first-order valence-corrected chi connectivity index (χ1v) is 11.0. The number of hydrogen-bond acceptors (Lipinski definition) is 7. The molecule has 0 atom stereocenters. The van der Waals surface area contributed by atoms with Gasteiger partial charge >= 0.3 is 6.09 Å². The Morgan fingerprint density at radius 1 is 1.24 bits per heavy atom. The number of methoxy groups -OCH3 is 1. The first-order chi connectivity index (χ1) is 16.0. The van der Waals surface area contributed by atoms with E-state index in [1.807, 2.05) is 36.4 Å². The second kappa shape index (κ2) is 8.57. The van der Waals surface area contributed by atoms with E-state index in [4.69, 9.17) is 15.2 Å². The number of ether oxygens (including phenoxy) is 2. The van der Waals surface area contributed by atoms with Crippen LogP contribution in [0, 0.1) is 5.92 Å². The number of benzene rings is 2. The fourth-order valence-electron chi connectivity index (χ4n) is 4.15. The summed E-state index contributed by atoms with van der Waals surface area (Å²) in [6, 6.07) is 11.3. The van der Waals surface area contributed by atoms with Crippen molar-refractivity contribution in [3.63, 3.8) is 0 Å². The van der Waals surface area contributed by atoms with E-state index in [1.165, 1.54) is 12.8 Å². The van der Waals surface area contributed by atoms with E-state index in [1.54, 1.807) is 12.0 Å². The Labute approximate surface area is 190 Å². The SMILES string of the molecule is COc1ccc(N2CCOC2=O)cc1-c1ccc2c(NCCC3CC3)c(C(N)=O)nnc2c1. The van der Waals surface area contributed by atoms with E-state index < -0.39 is 5.91 Å². The van der Waals surface area contributed by atoms with Crippen molar-refractivity contribution in [1.29, 1.82) is 0 Å². The van der Waals surface area contributed by atoms with Gasteiger partial charge in [-0.1, -0.05) is 18.9 Å². The Kier molecular flexibility index (Phi) is 5.45. The first-order valence-electron chi connectivity index (χ1n) is 11.0. The van der Waals surface area contributed by atoms with Crippen LogP contribution in [0.2, 0.25) is 0 Å². The molecule has 3 N–H and O–H groups in total. The van der Waals surface area contributed by atoms with E-state index in [2.05, 4.69) is 15.5 Å². The molecule has 170 valence electrons. The lowest BCUT2D eigenvalue weighted by Gasteiger charge is -2.17. The molecule has 2 aliphatic rings. The molecule has 0 unspecified atom stereocenters. The number of cyclic esters (lactones) is 1. The van der Waals surface area contributed by atoms with Gasteiger partial charge in [-0.05, 0) is 48.2 Å². The maximum atomic E-state index is 12.0. The van der Waals surface area contributed by atoms with Crippen LogP contribution >= 0.6 is 0 Å². The summed E-state index contributed by atoms with van der Waals surface area (Å²) >= 11 is 0. The van der Waals surface area contributed by atoms with Crippen molar-refractivity contribution in [1.82, 2.24) is 10.2 Å². The normalized spacial score (nSPS) is 15.5. The number of fused-ring (bicyclic) bond motifs is 1. The highest BCUT2D eigenvalue weighted by Gasteiger charge is 2.25. The summed E-state index contributed by atoms with van der Waals surface area (Å²) in [6.07, 6.45) is 3.21. The minimum atomic E-state index is -0.616. The van der Waals surface area contributed by atoms with Gasteiger partial charge in [0.15, 0.2) is 5.69 Å². The van der Waals surface area contributed by atoms with Crippen LogP contribution in [-0.4, -0.2) is 49.0 Å². The van der Waals surface area contributed by atoms with E-state index in [0.29, 0.717) is 30.1 Å². The molecule has 0 radical (unpaired) electrons. The number of aromatic nitrogens is 2. The van der Waals surface area contributed by atoms with Gasteiger partial charge in [0.25, 0.3) is 5.91 Å². The van der Waals surface area contributed by atoms with Crippen LogP contribution < -0.4 is 20.7 Å². The molecule has 2 aromatic carbocycles. The third-order valence-corrected chi connectivity index (χ3v) is 6.11. The zero-order valence-electron chi connectivity index (χ0n) is 18.3. The molecule has 9 heteroatoms. The number of nitrogens with zero attached hydrogens (tertiary/aromatic N) is 3. The van der Waals surface area contributed by atoms with Crippen LogP contribution in [0.25, 0.3) is 22.0 Å². The molecule has 1 aromatic heterocycles. The fraction of sp³-hybridized carbons (Fsp3) is 0.333. The summed E-state index contributed by atoms with van der Waals surface area (Å²) in [5, 5.41) is 12.5. The highest BCUT2D eigenvalue weighted by Crippen LogP contribution is 2.37. The molecule has 2 heterocycles. The molecule has 1 aliphatic carbocycles. The van der Waals surface area contributed by atoms with E-state index in [-0.39, 0.29) is 11.8 Å². The minimum absolute atomic E-state index is 0.137. The van der Waals surface area contributed by atoms with Crippen molar-refractivity contribution in [2.45, 2.75) is 19.3 Å². The van der Waals surface area contributed by atoms with Crippen molar-refractivity contribution >= 4 is 34.3 Å². The number of hydrogen-bond donors (Lipinski definition) is 2. The van der Waals surface area contributed by atoms with Crippen molar-refractivity contribution < 1.29 is 19.1 Å². The average molecular weight is 447 g/mol. The lowest BCUT2D eigenvalue weighted by molar-refractivity contribution is 0.0995. The molecular weight excluding hydrogens is 422 g/mol. The van der Waals surface area contributed by atoms with E-state index in [9.17, 15) is 9.59 Å². The standard InChI is InChI=1S/C24H25N5O4/c1-32-20-7-5-16(29-10-11-33-24(29)31)13-18(20)15-4-6-17-19(12-15)27-28-22(23(25)30)21(17)26-9-8-14-2-3-14/h4-7,12-14H,2-3,8-11H2,1H3,(H2,25,30)(H,26,27). The lowest BCUT2D eigenvalue weighted by atomic mass is 10.0. The van der Waals surface area contributed by atoms with Crippen molar-refractivity contribution in [2.75, 3.05) is 37.0 Å². The molecule has 9 nitrogen and oxygen atoms in total. The van der Waals surface area contributed by atoms with Crippen LogP contribution in [-0.2, 0) is 4.74 Å². The highest BCUT2D eigenvalue weighted by molar-refractivity contribution is 6.05. The monoisotopic (exact) mass is 447 g/mol. The van der Waals surface area contributed by atoms with Gasteiger partial charge in [-0.2, -0.15) is 0 Å². The Bertz CT molecular complexity index is 1240. The number of amides is 2. The quantitative estimate of drug-likeness (QED) is 0.542. The number of nitrogens with one attached hydrogen (secondary N) is 1. The highest BCUT2D eigenvalue weighted by atomic mass is 16.6. The largest absolute Gasteiger partial charge is 0.496 e. The zero-order valence-corrected chi connectivity index (χ0v) is 18.3. The van der Waals surface area contributed by atoms with Crippen LogP contribution in [0.15, 0.2) is 36.4 Å². The number of rotatable bonds is 8. The second-order valence-electron chi connectivity index (χ2n) is 8.33. The number of carbonyl (C=O) groups excluding carboxylic acids is 2. The van der Waals surface area contributed by atoms with E-state index >= 15 is 0 Å². The van der Waals surface area contributed by atoms with Crippen molar-refractivity contribution in [2.24, 2.45) is 11.7 Å². The second-order valence-corrected chi connectivity index (χ2v) is 8.33. The summed E-state index contributed by atoms with van der Waals surface area (Å²) in [5.41, 5.74) is 9.31. The van der Waals surface area contributed by atoms with Gasteiger partial charge < -0.3 is 20.5 Å². The Morgan fingerprint density at radius 2 is 2.09 bits per heavy atom. The molecule has 2 fully saturated rings. The third kappa shape index (κ3) is 4.13. The van der Waals surface area contributed by atoms with Gasteiger partial charge in [0.05, 0.1) is 24.9 Å². The fourth-order valence-corrected chi connectivity index (χ4v) is 4.15. The van der Waals surface area contributed by atoms with Crippen LogP contribution in [0.5, 0.6) is 5.75 Å². The van der Waals surface area contributed by atoms with E-state index in [0.717, 1.165) is 41.1 Å². The van der Waals surface area contributed by atoms with Gasteiger partial charge in [0.1, 0.15) is 12.4 Å². The summed E-state index contributed by atoms with van der Waals surface area (Å²) in [7, 11) is 1.60. The molecule has 1 aliphatic heterocycles. The number of carbonyl (C=O) groups is 2. The first kappa shape index (κ1) is 21.0. The molecule has 0 spiro atoms. The molecular formula is C24H25N5O4. The summed E-state index contributed by atoms with van der Waals surface area (Å²) in [6.45, 7) is 1.61. The average Bonchev–Trinajstić information content (AvgIpc) is 3.55. The van der Waals surface area contributed by atoms with Gasteiger partial charge in [-0.15, -0.1) is 10.2 Å². The lowest BCUT2D eigenvalue weighted by Crippen LogP contribution is -2.23. The molecule has 0 bridgehead atoms. The minimum Gasteiger partial charge on any atom is -0.496 e. The predicted molar refractivity (Wildman–Crippen MR) is 125 cm³/mol. The molecule has 1 saturated carbocycles. The predicted octanol–water partition coefficient (Wildman–Crippen LogP) is 3.57. The zero-order chi connectivity index (χ0) is 22.9. The van der Waals surface area contributed by atoms with Crippen LogP contribution in [0.3, 0.4) is 0 Å². The molecule has 2 amide bonds. The van der Waals surface area contributed by atoms with Crippen molar-refractivity contribution in [3.8, 4) is 16.9 Å². The maximum absolute atomic E-state index is 12.0. The molecule has 3 aromatic rings. The van der Waals surface area contributed by atoms with Crippen molar-refractivity contribution in [3.05, 3.63) is 42.1 Å². The maximum Gasteiger partial charge on any atom is 0.414 e. The molecule has 1 saturated heterocycles. The third-order valence-electron chi connectivity index (χ3n) is 6.11. The Hall–Kier alpha value is -3.88. The summed E-state index contributed by atoms with van der Waals surface area (Å²) < 4.78 is 10.6. The summed E-state index contributed by atoms with van der Waals surface area (Å²) in [5.74, 6) is 0.805. The number of nitrogens with two attached hydrogens (primary N) is 1. The topological polar surface area (TPSA) is 120 Å².